The number of H-pyrrole nitrogens is 1. The maximum Gasteiger partial charge on any atom is 0.416 e. The Morgan fingerprint density at radius 2 is 1.89 bits per heavy atom. The Hall–Kier alpha value is -2.15. The number of hydrogen-bond acceptors (Lipinski definition) is 3. The average molecular weight is 391 g/mol. The number of aromatic nitrogens is 2. The number of hydrogen-bond donors (Lipinski definition) is 1. The van der Waals surface area contributed by atoms with Gasteiger partial charge in [0.25, 0.3) is 5.56 Å². The fraction of sp³-hybridized carbons (Fsp3) is 0.524. The van der Waals surface area contributed by atoms with Crippen molar-refractivity contribution in [1.82, 2.24) is 14.9 Å². The third-order valence-electron chi connectivity index (χ3n) is 5.88. The molecule has 2 aliphatic rings. The SMILES string of the molecule is O=c1[nH]c(C2CCCCC2)nc2c1CCN(Cc1ccccc1C(F)(F)F)C2. The molecular formula is C21H24F3N3O. The van der Waals surface area contributed by atoms with Gasteiger partial charge in [0, 0.05) is 31.1 Å². The van der Waals surface area contributed by atoms with E-state index in [2.05, 4.69) is 4.98 Å². The zero-order valence-electron chi connectivity index (χ0n) is 15.7. The summed E-state index contributed by atoms with van der Waals surface area (Å²) in [5.74, 6) is 1.04. The first-order valence-corrected chi connectivity index (χ1v) is 9.91. The van der Waals surface area contributed by atoms with Gasteiger partial charge in [0.2, 0.25) is 0 Å². The first kappa shape index (κ1) is 19.2. The van der Waals surface area contributed by atoms with Gasteiger partial charge in [-0.2, -0.15) is 13.2 Å². The minimum atomic E-state index is -4.37. The highest BCUT2D eigenvalue weighted by Gasteiger charge is 2.33. The van der Waals surface area contributed by atoms with Gasteiger partial charge in [-0.05, 0) is 30.9 Å². The van der Waals surface area contributed by atoms with Crippen LogP contribution < -0.4 is 5.56 Å². The van der Waals surface area contributed by atoms with Crippen LogP contribution in [-0.2, 0) is 25.7 Å². The summed E-state index contributed by atoms with van der Waals surface area (Å²) in [5.41, 5.74) is 0.985. The van der Waals surface area contributed by atoms with E-state index >= 15 is 0 Å². The molecule has 0 spiro atoms. The third-order valence-corrected chi connectivity index (χ3v) is 5.88. The summed E-state index contributed by atoms with van der Waals surface area (Å²) in [6.45, 7) is 1.15. The Morgan fingerprint density at radius 1 is 1.14 bits per heavy atom. The van der Waals surface area contributed by atoms with Crippen LogP contribution >= 0.6 is 0 Å². The maximum atomic E-state index is 13.3. The fourth-order valence-corrected chi connectivity index (χ4v) is 4.39. The maximum absolute atomic E-state index is 13.3. The molecule has 0 saturated heterocycles. The molecular weight excluding hydrogens is 367 g/mol. The van der Waals surface area contributed by atoms with Gasteiger partial charge in [0.05, 0.1) is 11.3 Å². The van der Waals surface area contributed by atoms with E-state index in [1.807, 2.05) is 4.90 Å². The van der Waals surface area contributed by atoms with Gasteiger partial charge < -0.3 is 4.98 Å². The molecule has 1 aromatic carbocycles. The van der Waals surface area contributed by atoms with Gasteiger partial charge in [-0.3, -0.25) is 9.69 Å². The molecule has 2 heterocycles. The van der Waals surface area contributed by atoms with E-state index in [1.54, 1.807) is 6.07 Å². The summed E-state index contributed by atoms with van der Waals surface area (Å²) in [5, 5.41) is 0. The highest BCUT2D eigenvalue weighted by Crippen LogP contribution is 2.33. The molecule has 1 fully saturated rings. The highest BCUT2D eigenvalue weighted by atomic mass is 19.4. The lowest BCUT2D eigenvalue weighted by Crippen LogP contribution is -2.36. The van der Waals surface area contributed by atoms with E-state index < -0.39 is 11.7 Å². The predicted molar refractivity (Wildman–Crippen MR) is 99.9 cm³/mol. The van der Waals surface area contributed by atoms with Crippen LogP contribution in [0.4, 0.5) is 13.2 Å². The number of alkyl halides is 3. The van der Waals surface area contributed by atoms with E-state index in [9.17, 15) is 18.0 Å². The number of fused-ring (bicyclic) bond motifs is 1. The first-order chi connectivity index (χ1) is 13.4. The molecule has 2 aromatic rings. The number of rotatable bonds is 3. The van der Waals surface area contributed by atoms with E-state index in [0.717, 1.165) is 43.3 Å². The smallest absolute Gasteiger partial charge is 0.310 e. The molecule has 0 atom stereocenters. The van der Waals surface area contributed by atoms with Crippen LogP contribution in [0.3, 0.4) is 0 Å². The molecule has 1 aliphatic heterocycles. The fourth-order valence-electron chi connectivity index (χ4n) is 4.39. The molecule has 1 aliphatic carbocycles. The number of benzene rings is 1. The Balaban J connectivity index is 1.56. The van der Waals surface area contributed by atoms with Crippen molar-refractivity contribution in [3.63, 3.8) is 0 Å². The summed E-state index contributed by atoms with van der Waals surface area (Å²) >= 11 is 0. The summed E-state index contributed by atoms with van der Waals surface area (Å²) in [6, 6.07) is 5.69. The number of nitrogens with zero attached hydrogens (tertiary/aromatic N) is 2. The van der Waals surface area contributed by atoms with Crippen molar-refractivity contribution in [2.45, 2.75) is 63.7 Å². The quantitative estimate of drug-likeness (QED) is 0.844. The average Bonchev–Trinajstić information content (AvgIpc) is 2.68. The van der Waals surface area contributed by atoms with E-state index in [1.165, 1.54) is 18.6 Å². The van der Waals surface area contributed by atoms with Crippen LogP contribution in [0.15, 0.2) is 29.1 Å². The van der Waals surface area contributed by atoms with E-state index in [4.69, 9.17) is 4.98 Å². The molecule has 0 bridgehead atoms. The second kappa shape index (κ2) is 7.70. The Bertz CT molecular complexity index is 900. The number of aromatic amines is 1. The predicted octanol–water partition coefficient (Wildman–Crippen LogP) is 4.39. The summed E-state index contributed by atoms with van der Waals surface area (Å²) in [7, 11) is 0. The molecule has 7 heteroatoms. The number of nitrogens with one attached hydrogen (secondary N) is 1. The summed E-state index contributed by atoms with van der Waals surface area (Å²) in [4.78, 5) is 22.2. The normalized spacial score (nSPS) is 18.8. The van der Waals surface area contributed by atoms with Crippen LogP contribution in [0.25, 0.3) is 0 Å². The topological polar surface area (TPSA) is 49.0 Å². The molecule has 0 amide bonds. The monoisotopic (exact) mass is 391 g/mol. The van der Waals surface area contributed by atoms with Gasteiger partial charge in [-0.15, -0.1) is 0 Å². The van der Waals surface area contributed by atoms with Crippen molar-refractivity contribution in [2.24, 2.45) is 0 Å². The molecule has 28 heavy (non-hydrogen) atoms. The Kier molecular flexibility index (Phi) is 5.27. The molecule has 1 saturated carbocycles. The van der Waals surface area contributed by atoms with Crippen LogP contribution in [-0.4, -0.2) is 21.4 Å². The standard InChI is InChI=1S/C21H24F3N3O/c22-21(23,24)17-9-5-4-8-15(17)12-27-11-10-16-18(13-27)25-19(26-20(16)28)14-6-2-1-3-7-14/h4-5,8-9,14H,1-3,6-7,10-13H2,(H,25,26,28). The van der Waals surface area contributed by atoms with Gasteiger partial charge in [0.15, 0.2) is 0 Å². The second-order valence-electron chi connectivity index (χ2n) is 7.83. The van der Waals surface area contributed by atoms with Crippen molar-refractivity contribution < 1.29 is 13.2 Å². The second-order valence-corrected chi connectivity index (χ2v) is 7.83. The third kappa shape index (κ3) is 3.99. The van der Waals surface area contributed by atoms with Crippen LogP contribution in [0, 0.1) is 0 Å². The van der Waals surface area contributed by atoms with Gasteiger partial charge >= 0.3 is 6.18 Å². The Morgan fingerprint density at radius 3 is 2.64 bits per heavy atom. The Labute approximate surface area is 161 Å². The van der Waals surface area contributed by atoms with Crippen molar-refractivity contribution in [2.75, 3.05) is 6.54 Å². The summed E-state index contributed by atoms with van der Waals surface area (Å²) in [6.07, 6.45) is 1.72. The molecule has 150 valence electrons. The van der Waals surface area contributed by atoms with E-state index in [0.29, 0.717) is 25.1 Å². The lowest BCUT2D eigenvalue weighted by atomic mass is 9.88. The molecule has 1 N–H and O–H groups in total. The van der Waals surface area contributed by atoms with Crippen molar-refractivity contribution in [1.29, 1.82) is 0 Å². The van der Waals surface area contributed by atoms with Crippen molar-refractivity contribution >= 4 is 0 Å². The van der Waals surface area contributed by atoms with Crippen LogP contribution in [0.5, 0.6) is 0 Å². The molecule has 4 nitrogen and oxygen atoms in total. The zero-order valence-corrected chi connectivity index (χ0v) is 15.7. The molecule has 4 rings (SSSR count). The van der Waals surface area contributed by atoms with Crippen LogP contribution in [0.1, 0.15) is 66.2 Å². The minimum Gasteiger partial charge on any atom is -0.310 e. The largest absolute Gasteiger partial charge is 0.416 e. The summed E-state index contributed by atoms with van der Waals surface area (Å²) < 4.78 is 39.8. The lowest BCUT2D eigenvalue weighted by molar-refractivity contribution is -0.138. The number of halogens is 3. The molecule has 0 unspecified atom stereocenters. The van der Waals surface area contributed by atoms with Gasteiger partial charge in [-0.1, -0.05) is 37.5 Å². The van der Waals surface area contributed by atoms with Crippen molar-refractivity contribution in [3.05, 3.63) is 62.8 Å². The van der Waals surface area contributed by atoms with E-state index in [-0.39, 0.29) is 23.6 Å². The molecule has 1 aromatic heterocycles. The van der Waals surface area contributed by atoms with Gasteiger partial charge in [0.1, 0.15) is 5.82 Å². The van der Waals surface area contributed by atoms with Crippen LogP contribution in [0.2, 0.25) is 0 Å². The first-order valence-electron chi connectivity index (χ1n) is 9.91. The minimum absolute atomic E-state index is 0.0825. The van der Waals surface area contributed by atoms with Gasteiger partial charge in [-0.25, -0.2) is 4.98 Å². The highest BCUT2D eigenvalue weighted by molar-refractivity contribution is 5.30. The lowest BCUT2D eigenvalue weighted by Gasteiger charge is -2.29. The zero-order chi connectivity index (χ0) is 19.7. The van der Waals surface area contributed by atoms with Crippen molar-refractivity contribution in [3.8, 4) is 0 Å². The molecule has 0 radical (unpaired) electrons.